The summed E-state index contributed by atoms with van der Waals surface area (Å²) in [5.41, 5.74) is 1.39. The van der Waals surface area contributed by atoms with Crippen molar-refractivity contribution in [3.05, 3.63) is 59.4 Å². The maximum atomic E-state index is 13.7. The number of ether oxygens (including phenoxy) is 2. The van der Waals surface area contributed by atoms with E-state index in [4.69, 9.17) is 4.74 Å². The third kappa shape index (κ3) is 7.41. The smallest absolute Gasteiger partial charge is 0.406 e. The maximum Gasteiger partial charge on any atom is 0.573 e. The zero-order chi connectivity index (χ0) is 27.3. The molecule has 16 heteroatoms. The molecule has 0 unspecified atom stereocenters. The summed E-state index contributed by atoms with van der Waals surface area (Å²) >= 11 is 0. The van der Waals surface area contributed by atoms with E-state index in [9.17, 15) is 30.7 Å². The highest BCUT2D eigenvalue weighted by Gasteiger charge is 2.34. The molecule has 1 aliphatic rings. The molecule has 0 atom stereocenters. The van der Waals surface area contributed by atoms with Gasteiger partial charge in [0.1, 0.15) is 11.6 Å². The van der Waals surface area contributed by atoms with Crippen LogP contribution in [0.15, 0.2) is 47.6 Å². The van der Waals surface area contributed by atoms with Gasteiger partial charge in [0.25, 0.3) is 0 Å². The first-order valence-electron chi connectivity index (χ1n) is 10.8. The average Bonchev–Trinajstić information content (AvgIpc) is 2.85. The van der Waals surface area contributed by atoms with E-state index in [1.807, 2.05) is 0 Å². The Morgan fingerprint density at radius 3 is 2.26 bits per heavy atom. The van der Waals surface area contributed by atoms with Gasteiger partial charge in [0.05, 0.1) is 25.0 Å². The molecule has 0 saturated carbocycles. The molecule has 2 N–H and O–H groups in total. The molecule has 1 aromatic heterocycles. The number of hydrazone groups is 1. The number of nitrogens with zero attached hydrogens (tertiary/aromatic N) is 5. The Morgan fingerprint density at radius 2 is 1.61 bits per heavy atom. The van der Waals surface area contributed by atoms with Gasteiger partial charge in [0.15, 0.2) is 0 Å². The Labute approximate surface area is 210 Å². The van der Waals surface area contributed by atoms with Gasteiger partial charge in [-0.25, -0.2) is 9.82 Å². The van der Waals surface area contributed by atoms with Crippen LogP contribution in [0.5, 0.6) is 5.75 Å². The first-order chi connectivity index (χ1) is 18.0. The molecule has 0 amide bonds. The predicted octanol–water partition coefficient (Wildman–Crippen LogP) is 4.95. The van der Waals surface area contributed by atoms with Gasteiger partial charge in [-0.2, -0.15) is 33.2 Å². The van der Waals surface area contributed by atoms with Crippen LogP contribution in [0.4, 0.5) is 54.3 Å². The number of morpholine rings is 1. The van der Waals surface area contributed by atoms with Gasteiger partial charge in [-0.05, 0) is 48.0 Å². The molecule has 0 bridgehead atoms. The Morgan fingerprint density at radius 1 is 0.921 bits per heavy atom. The van der Waals surface area contributed by atoms with Crippen LogP contribution in [0, 0.1) is 5.82 Å². The lowest BCUT2D eigenvalue weighted by atomic mass is 10.2. The number of rotatable bonds is 7. The minimum absolute atomic E-state index is 0.0876. The molecule has 4 rings (SSSR count). The zero-order valence-electron chi connectivity index (χ0n) is 19.1. The Balaban J connectivity index is 1.54. The van der Waals surface area contributed by atoms with E-state index < -0.39 is 29.7 Å². The quantitative estimate of drug-likeness (QED) is 0.245. The van der Waals surface area contributed by atoms with Crippen LogP contribution in [-0.2, 0) is 10.9 Å². The molecule has 2 heterocycles. The van der Waals surface area contributed by atoms with Crippen molar-refractivity contribution in [1.29, 1.82) is 0 Å². The molecule has 1 aliphatic heterocycles. The number of alkyl halides is 6. The molecular formula is C22H18F7N7O2. The summed E-state index contributed by atoms with van der Waals surface area (Å²) < 4.78 is 99.0. The summed E-state index contributed by atoms with van der Waals surface area (Å²) in [5, 5.41) is 6.56. The van der Waals surface area contributed by atoms with Crippen molar-refractivity contribution in [2.75, 3.05) is 41.9 Å². The second-order valence-corrected chi connectivity index (χ2v) is 7.69. The van der Waals surface area contributed by atoms with Crippen LogP contribution in [0.1, 0.15) is 11.1 Å². The summed E-state index contributed by atoms with van der Waals surface area (Å²) in [4.78, 5) is 14.3. The highest BCUT2D eigenvalue weighted by Crippen LogP contribution is 2.33. The SMILES string of the molecule is Fc1ccc(Nc2nc(N/N=C/c3ccc(OC(F)(F)F)cc3)nc(N3CCOCC3)n2)cc1C(F)(F)F. The number of benzene rings is 2. The number of anilines is 4. The molecule has 0 radical (unpaired) electrons. The summed E-state index contributed by atoms with van der Waals surface area (Å²) in [6.45, 7) is 1.67. The molecule has 3 aromatic rings. The Kier molecular flexibility index (Phi) is 7.80. The second kappa shape index (κ2) is 11.0. The van der Waals surface area contributed by atoms with Gasteiger partial charge >= 0.3 is 12.5 Å². The second-order valence-electron chi connectivity index (χ2n) is 7.69. The zero-order valence-corrected chi connectivity index (χ0v) is 19.1. The molecule has 1 saturated heterocycles. The van der Waals surface area contributed by atoms with Gasteiger partial charge in [0.2, 0.25) is 17.8 Å². The fraction of sp³-hybridized carbons (Fsp3) is 0.273. The van der Waals surface area contributed by atoms with E-state index in [1.165, 1.54) is 18.3 Å². The largest absolute Gasteiger partial charge is 0.573 e. The van der Waals surface area contributed by atoms with Crippen molar-refractivity contribution in [1.82, 2.24) is 15.0 Å². The van der Waals surface area contributed by atoms with Crippen LogP contribution >= 0.6 is 0 Å². The van der Waals surface area contributed by atoms with Crippen molar-refractivity contribution in [2.45, 2.75) is 12.5 Å². The lowest BCUT2D eigenvalue weighted by Crippen LogP contribution is -2.37. The van der Waals surface area contributed by atoms with Crippen molar-refractivity contribution in [3.63, 3.8) is 0 Å². The van der Waals surface area contributed by atoms with E-state index in [1.54, 1.807) is 4.90 Å². The van der Waals surface area contributed by atoms with Crippen LogP contribution in [0.25, 0.3) is 0 Å². The minimum atomic E-state index is -4.90. The molecule has 1 fully saturated rings. The van der Waals surface area contributed by atoms with Crippen molar-refractivity contribution in [3.8, 4) is 5.75 Å². The summed E-state index contributed by atoms with van der Waals surface area (Å²) in [5.74, 6) is -1.89. The first-order valence-corrected chi connectivity index (χ1v) is 10.8. The Bertz CT molecular complexity index is 1280. The summed E-state index contributed by atoms with van der Waals surface area (Å²) in [6.07, 6.45) is -8.45. The van der Waals surface area contributed by atoms with Gasteiger partial charge in [-0.3, -0.25) is 0 Å². The number of hydrogen-bond acceptors (Lipinski definition) is 9. The fourth-order valence-corrected chi connectivity index (χ4v) is 3.24. The van der Waals surface area contributed by atoms with Gasteiger partial charge in [-0.1, -0.05) is 0 Å². The van der Waals surface area contributed by atoms with Crippen LogP contribution in [0.3, 0.4) is 0 Å². The van der Waals surface area contributed by atoms with E-state index >= 15 is 0 Å². The van der Waals surface area contributed by atoms with E-state index in [-0.39, 0.29) is 23.5 Å². The van der Waals surface area contributed by atoms with Crippen LogP contribution < -0.4 is 20.4 Å². The number of hydrogen-bond donors (Lipinski definition) is 2. The lowest BCUT2D eigenvalue weighted by Gasteiger charge is -2.27. The average molecular weight is 545 g/mol. The van der Waals surface area contributed by atoms with Crippen LogP contribution in [-0.4, -0.2) is 53.8 Å². The van der Waals surface area contributed by atoms with Crippen molar-refractivity contribution < 1.29 is 40.2 Å². The maximum absolute atomic E-state index is 13.7. The van der Waals surface area contributed by atoms with Gasteiger partial charge < -0.3 is 19.7 Å². The van der Waals surface area contributed by atoms with Crippen molar-refractivity contribution >= 4 is 29.7 Å². The third-order valence-electron chi connectivity index (χ3n) is 4.94. The third-order valence-corrected chi connectivity index (χ3v) is 4.94. The minimum Gasteiger partial charge on any atom is -0.406 e. The van der Waals surface area contributed by atoms with Gasteiger partial charge in [-0.15, -0.1) is 13.2 Å². The van der Waals surface area contributed by atoms with Gasteiger partial charge in [0, 0.05) is 18.8 Å². The fourth-order valence-electron chi connectivity index (χ4n) is 3.24. The standard InChI is InChI=1S/C22H18F7N7O2/c23-17-6-3-14(11-16(17)21(24,25)26)31-18-32-19(34-20(33-18)36-7-9-37-10-8-36)35-30-12-13-1-4-15(5-2-13)38-22(27,28)29/h1-6,11-12H,7-10H2,(H2,31,32,33,34,35)/b30-12+. The summed E-state index contributed by atoms with van der Waals surface area (Å²) in [7, 11) is 0. The van der Waals surface area contributed by atoms with E-state index in [2.05, 4.69) is 35.5 Å². The number of aromatic nitrogens is 3. The topological polar surface area (TPSA) is 96.8 Å². The lowest BCUT2D eigenvalue weighted by molar-refractivity contribution is -0.274. The molecule has 0 aliphatic carbocycles. The molecule has 38 heavy (non-hydrogen) atoms. The first kappa shape index (κ1) is 26.8. The normalized spacial score (nSPS) is 14.6. The summed E-state index contributed by atoms with van der Waals surface area (Å²) in [6, 6.07) is 7.23. The number of halogens is 7. The molecule has 2 aromatic carbocycles. The monoisotopic (exact) mass is 545 g/mol. The van der Waals surface area contributed by atoms with E-state index in [0.717, 1.165) is 18.2 Å². The molecular weight excluding hydrogens is 527 g/mol. The van der Waals surface area contributed by atoms with E-state index in [0.29, 0.717) is 44.0 Å². The Hall–Kier alpha value is -4.21. The highest BCUT2D eigenvalue weighted by molar-refractivity contribution is 5.80. The highest BCUT2D eigenvalue weighted by atomic mass is 19.4. The predicted molar refractivity (Wildman–Crippen MR) is 122 cm³/mol. The molecule has 9 nitrogen and oxygen atoms in total. The van der Waals surface area contributed by atoms with Crippen molar-refractivity contribution in [2.24, 2.45) is 5.10 Å². The molecule has 0 spiro atoms. The molecule has 202 valence electrons. The number of nitrogens with one attached hydrogen (secondary N) is 2. The van der Waals surface area contributed by atoms with Crippen LogP contribution in [0.2, 0.25) is 0 Å².